The highest BCUT2D eigenvalue weighted by Gasteiger charge is 2.36. The zero-order chi connectivity index (χ0) is 16.0. The van der Waals surface area contributed by atoms with Crippen molar-refractivity contribution in [3.05, 3.63) is 57.3 Å². The molecule has 2 aromatic rings. The van der Waals surface area contributed by atoms with E-state index in [1.54, 1.807) is 10.9 Å². The quantitative estimate of drug-likeness (QED) is 0.835. The zero-order valence-corrected chi connectivity index (χ0v) is 13.8. The van der Waals surface area contributed by atoms with Crippen LogP contribution in [0.3, 0.4) is 0 Å². The Hall–Kier alpha value is -2.39. The first kappa shape index (κ1) is 14.2. The Kier molecular flexibility index (Phi) is 3.31. The van der Waals surface area contributed by atoms with Crippen LogP contribution in [0.2, 0.25) is 0 Å². The Bertz CT molecular complexity index is 873. The molecule has 6 heteroatoms. The average molecular weight is 369 g/mol. The molecule has 1 N–H and O–H groups in total. The van der Waals surface area contributed by atoms with E-state index >= 15 is 0 Å². The van der Waals surface area contributed by atoms with E-state index in [2.05, 4.69) is 32.4 Å². The summed E-state index contributed by atoms with van der Waals surface area (Å²) in [7, 11) is 0. The first-order valence-corrected chi connectivity index (χ1v) is 8.24. The van der Waals surface area contributed by atoms with E-state index in [0.717, 1.165) is 34.1 Å². The topological polar surface area (TPSA) is 70.7 Å². The van der Waals surface area contributed by atoms with Crippen molar-refractivity contribution >= 4 is 27.5 Å². The normalized spacial score (nSPS) is 19.7. The van der Waals surface area contributed by atoms with Crippen LogP contribution in [-0.4, -0.2) is 15.6 Å². The van der Waals surface area contributed by atoms with E-state index in [1.165, 1.54) is 0 Å². The Morgan fingerprint density at radius 3 is 2.83 bits per heavy atom. The lowest BCUT2D eigenvalue weighted by Crippen LogP contribution is -2.31. The van der Waals surface area contributed by atoms with Crippen molar-refractivity contribution in [1.82, 2.24) is 9.78 Å². The van der Waals surface area contributed by atoms with Crippen LogP contribution in [0.25, 0.3) is 0 Å². The molecule has 4 rings (SSSR count). The smallest absolute Gasteiger partial charge is 0.163 e. The number of aromatic nitrogens is 2. The summed E-state index contributed by atoms with van der Waals surface area (Å²) in [6, 6.07) is 9.78. The van der Waals surface area contributed by atoms with E-state index < -0.39 is 0 Å². The molecule has 23 heavy (non-hydrogen) atoms. The first-order chi connectivity index (χ1) is 11.2. The van der Waals surface area contributed by atoms with Crippen molar-refractivity contribution in [1.29, 1.82) is 5.26 Å². The fraction of sp³-hybridized carbons (Fsp3) is 0.235. The van der Waals surface area contributed by atoms with Crippen molar-refractivity contribution in [3.8, 4) is 6.07 Å². The van der Waals surface area contributed by atoms with E-state index in [9.17, 15) is 10.1 Å². The molecule has 0 saturated heterocycles. The van der Waals surface area contributed by atoms with Crippen LogP contribution in [0, 0.1) is 11.3 Å². The first-order valence-electron chi connectivity index (χ1n) is 7.45. The number of carbonyl (C=O) groups is 1. The molecule has 2 aliphatic rings. The number of nitriles is 1. The highest BCUT2D eigenvalue weighted by Crippen LogP contribution is 2.41. The number of hydrogen-bond acceptors (Lipinski definition) is 4. The molecule has 0 saturated carbocycles. The summed E-state index contributed by atoms with van der Waals surface area (Å²) in [6.45, 7) is 0. The van der Waals surface area contributed by atoms with Crippen LogP contribution in [0.1, 0.15) is 36.4 Å². The Labute approximate surface area is 141 Å². The number of rotatable bonds is 1. The van der Waals surface area contributed by atoms with E-state index in [1.807, 2.05) is 24.3 Å². The number of Topliss-reactive ketones (excluding diaryl/α,β-unsaturated/α-hetero) is 1. The Balaban J connectivity index is 1.94. The molecule has 1 aliphatic carbocycles. The van der Waals surface area contributed by atoms with Crippen molar-refractivity contribution in [2.45, 2.75) is 25.3 Å². The summed E-state index contributed by atoms with van der Waals surface area (Å²) in [4.78, 5) is 12.6. The third-order valence-electron chi connectivity index (χ3n) is 4.35. The number of allylic oxidation sites excluding steroid dienone is 2. The van der Waals surface area contributed by atoms with Gasteiger partial charge in [-0.3, -0.25) is 4.79 Å². The fourth-order valence-electron chi connectivity index (χ4n) is 3.29. The van der Waals surface area contributed by atoms with Crippen LogP contribution in [0.5, 0.6) is 0 Å². The molecule has 114 valence electrons. The molecule has 0 bridgehead atoms. The molecule has 0 unspecified atom stereocenters. The maximum atomic E-state index is 12.6. The van der Waals surface area contributed by atoms with Gasteiger partial charge in [-0.25, -0.2) is 4.68 Å². The van der Waals surface area contributed by atoms with Gasteiger partial charge < -0.3 is 5.32 Å². The van der Waals surface area contributed by atoms with Crippen molar-refractivity contribution < 1.29 is 4.79 Å². The molecule has 0 fully saturated rings. The van der Waals surface area contributed by atoms with Gasteiger partial charge in [0.1, 0.15) is 23.5 Å². The third kappa shape index (κ3) is 2.20. The molecule has 5 nitrogen and oxygen atoms in total. The van der Waals surface area contributed by atoms with Crippen LogP contribution in [0.15, 0.2) is 46.2 Å². The minimum Gasteiger partial charge on any atom is -0.342 e. The van der Waals surface area contributed by atoms with Gasteiger partial charge in [0.25, 0.3) is 0 Å². The second-order valence-corrected chi connectivity index (χ2v) is 6.63. The Morgan fingerprint density at radius 2 is 2.09 bits per heavy atom. The molecule has 1 aromatic heterocycles. The molecule has 0 spiro atoms. The molecule has 1 aliphatic heterocycles. The van der Waals surface area contributed by atoms with Gasteiger partial charge in [0.2, 0.25) is 0 Å². The van der Waals surface area contributed by atoms with E-state index in [-0.39, 0.29) is 11.8 Å². The van der Waals surface area contributed by atoms with Gasteiger partial charge in [0.15, 0.2) is 5.78 Å². The van der Waals surface area contributed by atoms with Gasteiger partial charge in [-0.2, -0.15) is 10.4 Å². The number of halogens is 1. The number of hydrogen-bond donors (Lipinski definition) is 1. The summed E-state index contributed by atoms with van der Waals surface area (Å²) in [6.07, 6.45) is 3.78. The van der Waals surface area contributed by atoms with Gasteiger partial charge in [-0.15, -0.1) is 0 Å². The van der Waals surface area contributed by atoms with E-state index in [4.69, 9.17) is 0 Å². The van der Waals surface area contributed by atoms with Crippen LogP contribution >= 0.6 is 15.9 Å². The number of nitrogens with one attached hydrogen (secondary N) is 1. The number of anilines is 1. The van der Waals surface area contributed by atoms with Gasteiger partial charge in [-0.05, 0) is 30.5 Å². The monoisotopic (exact) mass is 368 g/mol. The number of nitrogens with zero attached hydrogens (tertiary/aromatic N) is 3. The maximum absolute atomic E-state index is 12.6. The summed E-state index contributed by atoms with van der Waals surface area (Å²) in [5, 5.41) is 16.9. The van der Waals surface area contributed by atoms with Crippen LogP contribution < -0.4 is 5.32 Å². The molecular weight excluding hydrogens is 356 g/mol. The molecule has 2 heterocycles. The lowest BCUT2D eigenvalue weighted by atomic mass is 9.85. The summed E-state index contributed by atoms with van der Waals surface area (Å²) in [5.74, 6) is 0.834. The van der Waals surface area contributed by atoms with Crippen molar-refractivity contribution in [2.75, 3.05) is 5.32 Å². The average Bonchev–Trinajstić information content (AvgIpc) is 2.97. The maximum Gasteiger partial charge on any atom is 0.163 e. The van der Waals surface area contributed by atoms with Gasteiger partial charge in [0.05, 0.1) is 6.20 Å². The number of ketones is 1. The summed E-state index contributed by atoms with van der Waals surface area (Å²) >= 11 is 3.44. The molecular formula is C17H13BrN4O. The minimum absolute atomic E-state index is 0.159. The molecule has 0 radical (unpaired) electrons. The summed E-state index contributed by atoms with van der Waals surface area (Å²) < 4.78 is 2.74. The number of fused-ring (bicyclic) bond motifs is 1. The van der Waals surface area contributed by atoms with Crippen molar-refractivity contribution in [2.24, 2.45) is 0 Å². The fourth-order valence-corrected chi connectivity index (χ4v) is 3.56. The van der Waals surface area contributed by atoms with Gasteiger partial charge >= 0.3 is 0 Å². The van der Waals surface area contributed by atoms with Gasteiger partial charge in [0, 0.05) is 22.2 Å². The van der Waals surface area contributed by atoms with Crippen LogP contribution in [0.4, 0.5) is 5.82 Å². The van der Waals surface area contributed by atoms with E-state index in [0.29, 0.717) is 17.8 Å². The second-order valence-electron chi connectivity index (χ2n) is 5.71. The number of carbonyl (C=O) groups excluding carboxylic acids is 1. The highest BCUT2D eigenvalue weighted by molar-refractivity contribution is 9.10. The number of benzene rings is 1. The zero-order valence-electron chi connectivity index (χ0n) is 12.2. The predicted molar refractivity (Wildman–Crippen MR) is 88.7 cm³/mol. The second kappa shape index (κ2) is 5.36. The third-order valence-corrected chi connectivity index (χ3v) is 4.87. The van der Waals surface area contributed by atoms with Crippen LogP contribution in [-0.2, 0) is 4.79 Å². The largest absolute Gasteiger partial charge is 0.342 e. The standard InChI is InChI=1S/C17H13BrN4O/c18-12-6-4-10(5-7-12)16-15-13(2-1-3-14(15)23)21-17-11(8-19)9-20-22(16)17/h4-7,9,16,21H,1-3H2/t16-/m0/s1. The van der Waals surface area contributed by atoms with Gasteiger partial charge in [-0.1, -0.05) is 28.1 Å². The molecule has 1 atom stereocenters. The Morgan fingerprint density at radius 1 is 1.30 bits per heavy atom. The molecule has 0 amide bonds. The highest BCUT2D eigenvalue weighted by atomic mass is 79.9. The lowest BCUT2D eigenvalue weighted by Gasteiger charge is -2.33. The minimum atomic E-state index is -0.274. The SMILES string of the molecule is N#Cc1cnn2c1NC1=C(C(=O)CCC1)[C@@H]2c1ccc(Br)cc1. The predicted octanol–water partition coefficient (Wildman–Crippen LogP) is 3.54. The molecule has 1 aromatic carbocycles. The van der Waals surface area contributed by atoms with Crippen molar-refractivity contribution in [3.63, 3.8) is 0 Å². The summed E-state index contributed by atoms with van der Waals surface area (Å²) in [5.41, 5.74) is 3.19. The lowest BCUT2D eigenvalue weighted by molar-refractivity contribution is -0.116.